The number of ketones is 1. The van der Waals surface area contributed by atoms with Crippen LogP contribution in [-0.2, 0) is 4.74 Å². The van der Waals surface area contributed by atoms with Crippen molar-refractivity contribution in [1.29, 1.82) is 0 Å². The second kappa shape index (κ2) is 5.16. The second-order valence-electron chi connectivity index (χ2n) is 5.18. The Hall–Kier alpha value is -1.26. The van der Waals surface area contributed by atoms with Gasteiger partial charge >= 0.3 is 0 Å². The minimum absolute atomic E-state index is 0.122. The largest absolute Gasteiger partial charge is 0.379 e. The summed E-state index contributed by atoms with van der Waals surface area (Å²) < 4.78 is 5.33. The maximum Gasteiger partial charge on any atom is 0.184 e. The fourth-order valence-corrected chi connectivity index (χ4v) is 2.22. The number of nitrogens with zero attached hydrogens (tertiary/aromatic N) is 2. The molecule has 1 saturated heterocycles. The van der Waals surface area contributed by atoms with E-state index >= 15 is 0 Å². The van der Waals surface area contributed by atoms with E-state index in [-0.39, 0.29) is 5.78 Å². The predicted octanol–water partition coefficient (Wildman–Crippen LogP) is 1.68. The Balaban J connectivity index is 2.17. The summed E-state index contributed by atoms with van der Waals surface area (Å²) in [4.78, 5) is 18.9. The van der Waals surface area contributed by atoms with Crippen LogP contribution >= 0.6 is 0 Å². The van der Waals surface area contributed by atoms with Gasteiger partial charge in [-0.2, -0.15) is 0 Å². The van der Waals surface area contributed by atoms with Crippen LogP contribution in [0, 0.1) is 6.92 Å². The number of Topliss-reactive ketones (excluding diaryl/α,β-unsaturated/α-hetero) is 1. The molecule has 4 nitrogen and oxygen atoms in total. The molecule has 0 saturated carbocycles. The first-order chi connectivity index (χ1) is 8.51. The molecule has 1 aliphatic heterocycles. The summed E-state index contributed by atoms with van der Waals surface area (Å²) >= 11 is 0. The van der Waals surface area contributed by atoms with Crippen LogP contribution in [0.25, 0.3) is 0 Å². The highest BCUT2D eigenvalue weighted by Crippen LogP contribution is 2.21. The lowest BCUT2D eigenvalue weighted by Gasteiger charge is -2.39. The van der Waals surface area contributed by atoms with E-state index in [1.165, 1.54) is 0 Å². The Labute approximate surface area is 108 Å². The topological polar surface area (TPSA) is 42.4 Å². The lowest BCUT2D eigenvalue weighted by Crippen LogP contribution is -2.54. The van der Waals surface area contributed by atoms with Gasteiger partial charge in [-0.05, 0) is 32.9 Å². The third-order valence-electron chi connectivity index (χ3n) is 3.53. The quantitative estimate of drug-likeness (QED) is 0.763. The van der Waals surface area contributed by atoms with Gasteiger partial charge in [-0.1, -0.05) is 0 Å². The molecule has 0 spiro atoms. The van der Waals surface area contributed by atoms with E-state index < -0.39 is 5.54 Å². The molecule has 2 heterocycles. The third-order valence-corrected chi connectivity index (χ3v) is 3.53. The summed E-state index contributed by atoms with van der Waals surface area (Å²) in [5, 5.41) is 0. The Morgan fingerprint density at radius 3 is 2.56 bits per heavy atom. The van der Waals surface area contributed by atoms with Crippen molar-refractivity contribution in [3.05, 3.63) is 29.6 Å². The average Bonchev–Trinajstić information content (AvgIpc) is 2.40. The number of morpholine rings is 1. The highest BCUT2D eigenvalue weighted by Gasteiger charge is 2.35. The molecule has 1 aromatic heterocycles. The van der Waals surface area contributed by atoms with E-state index in [9.17, 15) is 4.79 Å². The van der Waals surface area contributed by atoms with Gasteiger partial charge in [-0.25, -0.2) is 0 Å². The Morgan fingerprint density at radius 2 is 2.00 bits per heavy atom. The maximum atomic E-state index is 12.6. The molecule has 0 bridgehead atoms. The van der Waals surface area contributed by atoms with Crippen molar-refractivity contribution in [3.63, 3.8) is 0 Å². The van der Waals surface area contributed by atoms with Gasteiger partial charge in [0, 0.05) is 30.5 Å². The summed E-state index contributed by atoms with van der Waals surface area (Å²) in [7, 11) is 0. The molecule has 1 aromatic rings. The lowest BCUT2D eigenvalue weighted by atomic mass is 9.91. The van der Waals surface area contributed by atoms with Crippen LogP contribution in [-0.4, -0.2) is 47.5 Å². The molecule has 0 amide bonds. The van der Waals surface area contributed by atoms with Crippen molar-refractivity contribution in [1.82, 2.24) is 9.88 Å². The van der Waals surface area contributed by atoms with Crippen molar-refractivity contribution < 1.29 is 9.53 Å². The van der Waals surface area contributed by atoms with E-state index in [2.05, 4.69) is 9.88 Å². The second-order valence-corrected chi connectivity index (χ2v) is 5.18. The van der Waals surface area contributed by atoms with Gasteiger partial charge in [-0.15, -0.1) is 0 Å². The van der Waals surface area contributed by atoms with Crippen molar-refractivity contribution in [2.45, 2.75) is 26.3 Å². The number of pyridine rings is 1. The molecule has 4 heteroatoms. The van der Waals surface area contributed by atoms with Gasteiger partial charge in [-0.3, -0.25) is 14.7 Å². The van der Waals surface area contributed by atoms with E-state index in [4.69, 9.17) is 4.74 Å². The molecular weight excluding hydrogens is 228 g/mol. The van der Waals surface area contributed by atoms with E-state index in [0.717, 1.165) is 18.8 Å². The number of carbonyl (C=O) groups excluding carboxylic acids is 1. The Bertz CT molecular complexity index is 420. The number of rotatable bonds is 3. The third kappa shape index (κ3) is 2.60. The fraction of sp³-hybridized carbons (Fsp3) is 0.571. The molecule has 0 atom stereocenters. The summed E-state index contributed by atoms with van der Waals surface area (Å²) in [6, 6.07) is 3.73. The molecule has 98 valence electrons. The van der Waals surface area contributed by atoms with Gasteiger partial charge in [0.25, 0.3) is 0 Å². The number of ether oxygens (including phenoxy) is 1. The molecule has 0 aliphatic carbocycles. The SMILES string of the molecule is Cc1ccc(C(=O)C(C)(C)N2CCOCC2)cn1. The van der Waals surface area contributed by atoms with Crippen LogP contribution in [0.15, 0.2) is 18.3 Å². The summed E-state index contributed by atoms with van der Waals surface area (Å²) in [5.41, 5.74) is 1.11. The van der Waals surface area contributed by atoms with E-state index in [0.29, 0.717) is 18.8 Å². The highest BCUT2D eigenvalue weighted by atomic mass is 16.5. The van der Waals surface area contributed by atoms with Gasteiger partial charge in [0.05, 0.1) is 18.8 Å². The summed E-state index contributed by atoms with van der Waals surface area (Å²) in [6.45, 7) is 8.87. The van der Waals surface area contributed by atoms with Gasteiger partial charge in [0.2, 0.25) is 0 Å². The standard InChI is InChI=1S/C14H20N2O2/c1-11-4-5-12(10-15-11)13(17)14(2,3)16-6-8-18-9-7-16/h4-5,10H,6-9H2,1-3H3. The normalized spacial score (nSPS) is 17.7. The van der Waals surface area contributed by atoms with Crippen LogP contribution in [0.1, 0.15) is 29.9 Å². The lowest BCUT2D eigenvalue weighted by molar-refractivity contribution is -0.00431. The zero-order valence-electron chi connectivity index (χ0n) is 11.3. The monoisotopic (exact) mass is 248 g/mol. The van der Waals surface area contributed by atoms with Gasteiger partial charge in [0.15, 0.2) is 5.78 Å². The van der Waals surface area contributed by atoms with Crippen molar-refractivity contribution in [3.8, 4) is 0 Å². The zero-order chi connectivity index (χ0) is 13.2. The Kier molecular flexibility index (Phi) is 3.78. The van der Waals surface area contributed by atoms with Crippen molar-refractivity contribution in [2.75, 3.05) is 26.3 Å². The smallest absolute Gasteiger partial charge is 0.184 e. The zero-order valence-corrected chi connectivity index (χ0v) is 11.3. The number of carbonyl (C=O) groups is 1. The van der Waals surface area contributed by atoms with Crippen LogP contribution in [0.2, 0.25) is 0 Å². The molecule has 0 N–H and O–H groups in total. The number of aromatic nitrogens is 1. The van der Waals surface area contributed by atoms with Crippen molar-refractivity contribution >= 4 is 5.78 Å². The fourth-order valence-electron chi connectivity index (χ4n) is 2.22. The first-order valence-corrected chi connectivity index (χ1v) is 6.32. The van der Waals surface area contributed by atoms with Crippen LogP contribution < -0.4 is 0 Å². The molecule has 0 aromatic carbocycles. The number of hydrogen-bond donors (Lipinski definition) is 0. The molecule has 0 unspecified atom stereocenters. The minimum atomic E-state index is -0.499. The minimum Gasteiger partial charge on any atom is -0.379 e. The van der Waals surface area contributed by atoms with E-state index in [1.54, 1.807) is 6.20 Å². The summed E-state index contributed by atoms with van der Waals surface area (Å²) in [6.07, 6.45) is 1.67. The van der Waals surface area contributed by atoms with Crippen LogP contribution in [0.5, 0.6) is 0 Å². The predicted molar refractivity (Wildman–Crippen MR) is 69.8 cm³/mol. The molecule has 0 radical (unpaired) electrons. The molecular formula is C14H20N2O2. The maximum absolute atomic E-state index is 12.6. The Morgan fingerprint density at radius 1 is 1.33 bits per heavy atom. The highest BCUT2D eigenvalue weighted by molar-refractivity contribution is 6.02. The first kappa shape index (κ1) is 13.2. The molecule has 2 rings (SSSR count). The van der Waals surface area contributed by atoms with Crippen LogP contribution in [0.4, 0.5) is 0 Å². The van der Waals surface area contributed by atoms with Gasteiger partial charge < -0.3 is 4.74 Å². The summed E-state index contributed by atoms with van der Waals surface area (Å²) in [5.74, 6) is 0.122. The van der Waals surface area contributed by atoms with Crippen LogP contribution in [0.3, 0.4) is 0 Å². The first-order valence-electron chi connectivity index (χ1n) is 6.32. The number of aryl methyl sites for hydroxylation is 1. The molecule has 1 fully saturated rings. The average molecular weight is 248 g/mol. The number of hydrogen-bond acceptors (Lipinski definition) is 4. The van der Waals surface area contributed by atoms with E-state index in [1.807, 2.05) is 32.9 Å². The van der Waals surface area contributed by atoms with Crippen molar-refractivity contribution in [2.24, 2.45) is 0 Å². The molecule has 1 aliphatic rings. The molecule has 18 heavy (non-hydrogen) atoms. The van der Waals surface area contributed by atoms with Gasteiger partial charge in [0.1, 0.15) is 0 Å².